The minimum absolute atomic E-state index is 0.0779. The Morgan fingerprint density at radius 1 is 1.15 bits per heavy atom. The molecule has 0 bridgehead atoms. The molecular weight excluding hydrogens is 252 g/mol. The molecule has 2 aromatic carbocycles. The lowest BCUT2D eigenvalue weighted by Gasteiger charge is -2.07. The van der Waals surface area contributed by atoms with Crippen molar-refractivity contribution in [2.75, 3.05) is 7.11 Å². The third-order valence-electron chi connectivity index (χ3n) is 3.23. The van der Waals surface area contributed by atoms with Crippen molar-refractivity contribution in [1.82, 2.24) is 9.78 Å². The second kappa shape index (κ2) is 5.17. The molecule has 0 radical (unpaired) electrons. The van der Waals surface area contributed by atoms with E-state index in [0.717, 1.165) is 16.7 Å². The molecule has 100 valence electrons. The molecule has 4 nitrogen and oxygen atoms in total. The van der Waals surface area contributed by atoms with Crippen molar-refractivity contribution in [3.05, 3.63) is 70.6 Å². The van der Waals surface area contributed by atoms with Crippen molar-refractivity contribution in [3.63, 3.8) is 0 Å². The van der Waals surface area contributed by atoms with E-state index in [2.05, 4.69) is 5.10 Å². The summed E-state index contributed by atoms with van der Waals surface area (Å²) in [5.74, 6) is 0.774. The Balaban J connectivity index is 2.02. The summed E-state index contributed by atoms with van der Waals surface area (Å²) in [5.41, 5.74) is 0.903. The zero-order valence-corrected chi connectivity index (χ0v) is 11.1. The van der Waals surface area contributed by atoms with Gasteiger partial charge in [-0.05, 0) is 23.8 Å². The van der Waals surface area contributed by atoms with E-state index in [1.807, 2.05) is 48.5 Å². The van der Waals surface area contributed by atoms with Crippen molar-refractivity contribution >= 4 is 10.8 Å². The summed E-state index contributed by atoms with van der Waals surface area (Å²) >= 11 is 0. The quantitative estimate of drug-likeness (QED) is 0.731. The molecule has 0 saturated heterocycles. The van der Waals surface area contributed by atoms with E-state index in [0.29, 0.717) is 11.9 Å². The van der Waals surface area contributed by atoms with Gasteiger partial charge in [0.1, 0.15) is 5.75 Å². The SMILES string of the molecule is COc1cccc(Cn2ncc3ccccc3c2=O)c1. The lowest BCUT2D eigenvalue weighted by atomic mass is 10.2. The molecule has 0 amide bonds. The van der Waals surface area contributed by atoms with Crippen LogP contribution in [-0.2, 0) is 6.54 Å². The maximum absolute atomic E-state index is 12.4. The Labute approximate surface area is 116 Å². The number of aromatic nitrogens is 2. The molecule has 20 heavy (non-hydrogen) atoms. The third kappa shape index (κ3) is 2.28. The number of ether oxygens (including phenoxy) is 1. The van der Waals surface area contributed by atoms with E-state index in [9.17, 15) is 4.79 Å². The van der Waals surface area contributed by atoms with Crippen molar-refractivity contribution in [1.29, 1.82) is 0 Å². The van der Waals surface area contributed by atoms with Crippen LogP contribution in [0.4, 0.5) is 0 Å². The number of fused-ring (bicyclic) bond motifs is 1. The Morgan fingerprint density at radius 3 is 2.85 bits per heavy atom. The normalized spacial score (nSPS) is 10.7. The highest BCUT2D eigenvalue weighted by Gasteiger charge is 2.04. The van der Waals surface area contributed by atoms with E-state index in [1.54, 1.807) is 13.3 Å². The molecule has 4 heteroatoms. The van der Waals surface area contributed by atoms with Gasteiger partial charge in [0, 0.05) is 5.39 Å². The highest BCUT2D eigenvalue weighted by Crippen LogP contribution is 2.13. The second-order valence-corrected chi connectivity index (χ2v) is 4.55. The molecule has 0 N–H and O–H groups in total. The van der Waals surface area contributed by atoms with Crippen molar-refractivity contribution in [3.8, 4) is 5.75 Å². The smallest absolute Gasteiger partial charge is 0.274 e. The molecule has 0 aliphatic rings. The Bertz CT molecular complexity index is 809. The van der Waals surface area contributed by atoms with E-state index in [1.165, 1.54) is 4.68 Å². The molecule has 3 aromatic rings. The molecule has 1 aromatic heterocycles. The number of nitrogens with zero attached hydrogens (tertiary/aromatic N) is 2. The number of methoxy groups -OCH3 is 1. The summed E-state index contributed by atoms with van der Waals surface area (Å²) in [4.78, 5) is 12.4. The van der Waals surface area contributed by atoms with Crippen LogP contribution in [0.1, 0.15) is 5.56 Å². The molecule has 0 unspecified atom stereocenters. The minimum atomic E-state index is -0.0779. The van der Waals surface area contributed by atoms with E-state index < -0.39 is 0 Å². The maximum Gasteiger partial charge on any atom is 0.274 e. The molecule has 0 aliphatic carbocycles. The summed E-state index contributed by atoms with van der Waals surface area (Å²) < 4.78 is 6.65. The van der Waals surface area contributed by atoms with Gasteiger partial charge in [-0.25, -0.2) is 4.68 Å². The maximum atomic E-state index is 12.4. The Kier molecular flexibility index (Phi) is 3.21. The molecule has 0 aliphatic heterocycles. The molecule has 1 heterocycles. The van der Waals surface area contributed by atoms with E-state index >= 15 is 0 Å². The van der Waals surface area contributed by atoms with Crippen molar-refractivity contribution in [2.45, 2.75) is 6.54 Å². The van der Waals surface area contributed by atoms with Gasteiger partial charge in [-0.2, -0.15) is 5.10 Å². The predicted molar refractivity (Wildman–Crippen MR) is 78.1 cm³/mol. The van der Waals surface area contributed by atoms with E-state index in [-0.39, 0.29) is 5.56 Å². The molecule has 0 spiro atoms. The lowest BCUT2D eigenvalue weighted by Crippen LogP contribution is -2.23. The van der Waals surface area contributed by atoms with Crippen LogP contribution in [0.25, 0.3) is 10.8 Å². The predicted octanol–water partition coefficient (Wildman–Crippen LogP) is 2.45. The van der Waals surface area contributed by atoms with Gasteiger partial charge >= 0.3 is 0 Å². The van der Waals surface area contributed by atoms with Crippen LogP contribution >= 0.6 is 0 Å². The minimum Gasteiger partial charge on any atom is -0.497 e. The number of benzene rings is 2. The third-order valence-corrected chi connectivity index (χ3v) is 3.23. The molecule has 3 rings (SSSR count). The zero-order chi connectivity index (χ0) is 13.9. The first-order valence-electron chi connectivity index (χ1n) is 6.36. The van der Waals surface area contributed by atoms with Gasteiger partial charge in [-0.15, -0.1) is 0 Å². The topological polar surface area (TPSA) is 44.1 Å². The van der Waals surface area contributed by atoms with Crippen molar-refractivity contribution in [2.24, 2.45) is 0 Å². The lowest BCUT2D eigenvalue weighted by molar-refractivity contribution is 0.414. The molecule has 0 saturated carbocycles. The number of hydrogen-bond acceptors (Lipinski definition) is 3. The first-order chi connectivity index (χ1) is 9.78. The fraction of sp³-hybridized carbons (Fsp3) is 0.125. The highest BCUT2D eigenvalue weighted by atomic mass is 16.5. The van der Waals surface area contributed by atoms with Crippen LogP contribution < -0.4 is 10.3 Å². The largest absolute Gasteiger partial charge is 0.497 e. The number of rotatable bonds is 3. The second-order valence-electron chi connectivity index (χ2n) is 4.55. The summed E-state index contributed by atoms with van der Waals surface area (Å²) in [5, 5.41) is 5.77. The van der Waals surface area contributed by atoms with Crippen LogP contribution in [0, 0.1) is 0 Å². The summed E-state index contributed by atoms with van der Waals surface area (Å²) in [6.07, 6.45) is 1.72. The Morgan fingerprint density at radius 2 is 2.00 bits per heavy atom. The van der Waals surface area contributed by atoms with Crippen LogP contribution in [0.15, 0.2) is 59.5 Å². The van der Waals surface area contributed by atoms with Gasteiger partial charge in [0.25, 0.3) is 5.56 Å². The summed E-state index contributed by atoms with van der Waals surface area (Å²) in [6.45, 7) is 0.431. The van der Waals surface area contributed by atoms with Crippen LogP contribution in [0.2, 0.25) is 0 Å². The fourth-order valence-electron chi connectivity index (χ4n) is 2.18. The zero-order valence-electron chi connectivity index (χ0n) is 11.1. The van der Waals surface area contributed by atoms with Crippen LogP contribution in [0.3, 0.4) is 0 Å². The molecular formula is C16H14N2O2. The average molecular weight is 266 g/mol. The highest BCUT2D eigenvalue weighted by molar-refractivity contribution is 5.80. The average Bonchev–Trinajstić information content (AvgIpc) is 2.50. The van der Waals surface area contributed by atoms with Gasteiger partial charge in [0.05, 0.1) is 25.2 Å². The van der Waals surface area contributed by atoms with Crippen molar-refractivity contribution < 1.29 is 4.74 Å². The molecule has 0 atom stereocenters. The van der Waals surface area contributed by atoms with Crippen LogP contribution in [0.5, 0.6) is 5.75 Å². The summed E-state index contributed by atoms with van der Waals surface area (Å²) in [6, 6.07) is 15.1. The first-order valence-corrected chi connectivity index (χ1v) is 6.36. The monoisotopic (exact) mass is 266 g/mol. The van der Waals surface area contributed by atoms with Gasteiger partial charge < -0.3 is 4.74 Å². The van der Waals surface area contributed by atoms with Gasteiger partial charge in [-0.3, -0.25) is 4.79 Å². The van der Waals surface area contributed by atoms with Gasteiger partial charge in [-0.1, -0.05) is 30.3 Å². The van der Waals surface area contributed by atoms with E-state index in [4.69, 9.17) is 4.74 Å². The summed E-state index contributed by atoms with van der Waals surface area (Å²) in [7, 11) is 1.62. The van der Waals surface area contributed by atoms with Crippen LogP contribution in [-0.4, -0.2) is 16.9 Å². The Hall–Kier alpha value is -2.62. The van der Waals surface area contributed by atoms with Gasteiger partial charge in [0.15, 0.2) is 0 Å². The first kappa shape index (κ1) is 12.4. The van der Waals surface area contributed by atoms with Gasteiger partial charge in [0.2, 0.25) is 0 Å². The standard InChI is InChI=1S/C16H14N2O2/c1-20-14-7-4-5-12(9-14)11-18-16(19)15-8-3-2-6-13(15)10-17-18/h2-10H,11H2,1H3. The molecule has 0 fully saturated rings. The number of hydrogen-bond donors (Lipinski definition) is 0. The fourth-order valence-corrected chi connectivity index (χ4v) is 2.18.